The molecule has 156 valence electrons. The highest BCUT2D eigenvalue weighted by Crippen LogP contribution is 2.31. The lowest BCUT2D eigenvalue weighted by Crippen LogP contribution is -2.22. The number of aromatic amines is 1. The molecule has 1 unspecified atom stereocenters. The second kappa shape index (κ2) is 8.78. The largest absolute Gasteiger partial charge is 0.487 e. The van der Waals surface area contributed by atoms with Gasteiger partial charge in [-0.05, 0) is 60.2 Å². The lowest BCUT2D eigenvalue weighted by Gasteiger charge is -2.16. The highest BCUT2D eigenvalue weighted by molar-refractivity contribution is 5.87. The maximum atomic E-state index is 12.0. The maximum absolute atomic E-state index is 12.0. The summed E-state index contributed by atoms with van der Waals surface area (Å²) in [5, 5.41) is 4.76. The third-order valence-electron chi connectivity index (χ3n) is 6.10. The first-order valence-electron chi connectivity index (χ1n) is 10.9. The van der Waals surface area contributed by atoms with E-state index in [0.717, 1.165) is 42.3 Å². The van der Waals surface area contributed by atoms with E-state index in [1.807, 2.05) is 42.5 Å². The summed E-state index contributed by atoms with van der Waals surface area (Å²) in [4.78, 5) is 15.0. The van der Waals surface area contributed by atoms with Crippen molar-refractivity contribution in [2.45, 2.75) is 31.9 Å². The molecule has 0 bridgehead atoms. The lowest BCUT2D eigenvalue weighted by atomic mass is 10.0. The van der Waals surface area contributed by atoms with E-state index in [2.05, 4.69) is 40.6 Å². The Balaban J connectivity index is 1.32. The first kappa shape index (κ1) is 19.6. The first-order valence-corrected chi connectivity index (χ1v) is 10.9. The highest BCUT2D eigenvalue weighted by atomic mass is 16.5. The molecule has 1 atom stereocenters. The molecule has 5 rings (SSSR count). The summed E-state index contributed by atoms with van der Waals surface area (Å²) in [5.41, 5.74) is 5.85. The molecule has 0 amide bonds. The number of nitrogens with one attached hydrogen (secondary N) is 2. The van der Waals surface area contributed by atoms with Crippen LogP contribution in [0.3, 0.4) is 0 Å². The molecule has 1 aliphatic rings. The molecule has 3 aromatic carbocycles. The summed E-state index contributed by atoms with van der Waals surface area (Å²) >= 11 is 0. The van der Waals surface area contributed by atoms with E-state index in [1.54, 1.807) is 6.07 Å². The van der Waals surface area contributed by atoms with E-state index in [-0.39, 0.29) is 5.56 Å². The Hall–Kier alpha value is -3.37. The summed E-state index contributed by atoms with van der Waals surface area (Å²) in [6.07, 6.45) is 3.19. The van der Waals surface area contributed by atoms with Crippen LogP contribution in [0.1, 0.15) is 34.7 Å². The van der Waals surface area contributed by atoms with Gasteiger partial charge in [-0.15, -0.1) is 0 Å². The van der Waals surface area contributed by atoms with Gasteiger partial charge < -0.3 is 15.0 Å². The van der Waals surface area contributed by atoms with E-state index in [9.17, 15) is 4.79 Å². The lowest BCUT2D eigenvalue weighted by molar-refractivity contribution is 0.309. The van der Waals surface area contributed by atoms with E-state index in [4.69, 9.17) is 4.74 Å². The normalized spacial score (nSPS) is 15.2. The zero-order valence-electron chi connectivity index (χ0n) is 17.4. The topological polar surface area (TPSA) is 54.1 Å². The number of pyridine rings is 1. The molecule has 0 spiro atoms. The fourth-order valence-electron chi connectivity index (χ4n) is 4.51. The van der Waals surface area contributed by atoms with Gasteiger partial charge in [-0.3, -0.25) is 4.79 Å². The van der Waals surface area contributed by atoms with Gasteiger partial charge in [0.25, 0.3) is 0 Å². The van der Waals surface area contributed by atoms with E-state index in [0.29, 0.717) is 18.4 Å². The van der Waals surface area contributed by atoms with Crippen LogP contribution >= 0.6 is 0 Å². The van der Waals surface area contributed by atoms with Gasteiger partial charge in [-0.2, -0.15) is 0 Å². The van der Waals surface area contributed by atoms with Crippen molar-refractivity contribution >= 4 is 10.9 Å². The average molecular weight is 411 g/mol. The SMILES string of the molecule is O=c1ccc2c(CCNC3CCc4ccccc43)ccc(OCc3ccccc3)c2[nH]1. The predicted molar refractivity (Wildman–Crippen MR) is 125 cm³/mol. The van der Waals surface area contributed by atoms with Crippen molar-refractivity contribution in [2.75, 3.05) is 6.54 Å². The molecule has 0 radical (unpaired) electrons. The Labute approximate surface area is 181 Å². The van der Waals surface area contributed by atoms with Crippen molar-refractivity contribution in [1.29, 1.82) is 0 Å². The van der Waals surface area contributed by atoms with Gasteiger partial charge >= 0.3 is 0 Å². The van der Waals surface area contributed by atoms with E-state index < -0.39 is 0 Å². The third-order valence-corrected chi connectivity index (χ3v) is 6.10. The average Bonchev–Trinajstić information content (AvgIpc) is 3.22. The van der Waals surface area contributed by atoms with Crippen LogP contribution in [0.4, 0.5) is 0 Å². The number of fused-ring (bicyclic) bond motifs is 2. The Bertz CT molecular complexity index is 1250. The molecule has 0 aliphatic heterocycles. The van der Waals surface area contributed by atoms with Gasteiger partial charge in [-0.25, -0.2) is 0 Å². The minimum absolute atomic E-state index is 0.116. The number of rotatable bonds is 7. The number of H-pyrrole nitrogens is 1. The molecule has 31 heavy (non-hydrogen) atoms. The molecular formula is C27H26N2O2. The standard InChI is InChI=1S/C27H26N2O2/c30-26-15-12-23-21(16-17-28-24-13-10-20-8-4-5-9-22(20)24)11-14-25(27(23)29-26)31-18-19-6-2-1-3-7-19/h1-9,11-12,14-15,24,28H,10,13,16-18H2,(H,29,30). The van der Waals surface area contributed by atoms with Crippen molar-refractivity contribution in [3.05, 3.63) is 111 Å². The molecule has 0 saturated heterocycles. The van der Waals surface area contributed by atoms with Crippen molar-refractivity contribution in [3.8, 4) is 5.75 Å². The Kier molecular flexibility index (Phi) is 5.55. The van der Waals surface area contributed by atoms with E-state index >= 15 is 0 Å². The number of hydrogen-bond donors (Lipinski definition) is 2. The first-order chi connectivity index (χ1) is 15.3. The summed E-state index contributed by atoms with van der Waals surface area (Å²) in [5.74, 6) is 0.706. The monoisotopic (exact) mass is 410 g/mol. The van der Waals surface area contributed by atoms with Gasteiger partial charge in [0.2, 0.25) is 5.56 Å². The molecule has 1 heterocycles. The number of aromatic nitrogens is 1. The van der Waals surface area contributed by atoms with Gasteiger partial charge in [0.1, 0.15) is 12.4 Å². The second-order valence-corrected chi connectivity index (χ2v) is 8.10. The van der Waals surface area contributed by atoms with Crippen LogP contribution in [0.2, 0.25) is 0 Å². The molecule has 2 N–H and O–H groups in total. The number of hydrogen-bond acceptors (Lipinski definition) is 3. The van der Waals surface area contributed by atoms with Crippen LogP contribution in [0, 0.1) is 0 Å². The quantitative estimate of drug-likeness (QED) is 0.454. The van der Waals surface area contributed by atoms with Gasteiger partial charge in [0.05, 0.1) is 5.52 Å². The fourth-order valence-corrected chi connectivity index (χ4v) is 4.51. The third kappa shape index (κ3) is 4.25. The smallest absolute Gasteiger partial charge is 0.248 e. The second-order valence-electron chi connectivity index (χ2n) is 8.10. The number of aryl methyl sites for hydroxylation is 1. The summed E-state index contributed by atoms with van der Waals surface area (Å²) in [7, 11) is 0. The molecule has 4 nitrogen and oxygen atoms in total. The van der Waals surface area contributed by atoms with Crippen LogP contribution in [-0.2, 0) is 19.4 Å². The van der Waals surface area contributed by atoms with Crippen LogP contribution in [-0.4, -0.2) is 11.5 Å². The number of ether oxygens (including phenoxy) is 1. The minimum Gasteiger partial charge on any atom is -0.487 e. The van der Waals surface area contributed by atoms with Gasteiger partial charge in [-0.1, -0.05) is 60.7 Å². The molecule has 4 heteroatoms. The molecule has 0 saturated carbocycles. The number of benzene rings is 3. The zero-order chi connectivity index (χ0) is 21.0. The van der Waals surface area contributed by atoms with Crippen LogP contribution in [0.15, 0.2) is 83.7 Å². The van der Waals surface area contributed by atoms with E-state index in [1.165, 1.54) is 16.7 Å². The summed E-state index contributed by atoms with van der Waals surface area (Å²) < 4.78 is 6.05. The molecule has 0 fully saturated rings. The van der Waals surface area contributed by atoms with Crippen molar-refractivity contribution in [3.63, 3.8) is 0 Å². The van der Waals surface area contributed by atoms with Crippen LogP contribution in [0.5, 0.6) is 5.75 Å². The van der Waals surface area contributed by atoms with Gasteiger partial charge in [0, 0.05) is 17.5 Å². The Morgan fingerprint density at radius 2 is 1.77 bits per heavy atom. The van der Waals surface area contributed by atoms with Crippen LogP contribution in [0.25, 0.3) is 10.9 Å². The van der Waals surface area contributed by atoms with Crippen LogP contribution < -0.4 is 15.6 Å². The van der Waals surface area contributed by atoms with Crippen molar-refractivity contribution in [1.82, 2.24) is 10.3 Å². The van der Waals surface area contributed by atoms with Gasteiger partial charge in [0.15, 0.2) is 0 Å². The Morgan fingerprint density at radius 3 is 2.68 bits per heavy atom. The molecule has 1 aromatic heterocycles. The fraction of sp³-hybridized carbons (Fsp3) is 0.222. The predicted octanol–water partition coefficient (Wildman–Crippen LogP) is 4.93. The Morgan fingerprint density at radius 1 is 0.935 bits per heavy atom. The molecule has 1 aliphatic carbocycles. The highest BCUT2D eigenvalue weighted by Gasteiger charge is 2.21. The van der Waals surface area contributed by atoms with Crippen molar-refractivity contribution < 1.29 is 4.74 Å². The minimum atomic E-state index is -0.116. The zero-order valence-corrected chi connectivity index (χ0v) is 17.4. The molecule has 4 aromatic rings. The van der Waals surface area contributed by atoms with Crippen molar-refractivity contribution in [2.24, 2.45) is 0 Å². The summed E-state index contributed by atoms with van der Waals surface area (Å²) in [6, 6.07) is 26.8. The molecular weight excluding hydrogens is 384 g/mol. The maximum Gasteiger partial charge on any atom is 0.248 e. The summed E-state index contributed by atoms with van der Waals surface area (Å²) in [6.45, 7) is 1.35.